The van der Waals surface area contributed by atoms with Gasteiger partial charge in [0, 0.05) is 51.9 Å². The fourth-order valence-corrected chi connectivity index (χ4v) is 3.96. The van der Waals surface area contributed by atoms with Gasteiger partial charge in [-0.25, -0.2) is 4.79 Å². The summed E-state index contributed by atoms with van der Waals surface area (Å²) in [6.07, 6.45) is -0.782. The number of rotatable bonds is 12. The average Bonchev–Trinajstić information content (AvgIpc) is 3.06. The molecule has 0 aliphatic carbocycles. The maximum absolute atomic E-state index is 11.2. The van der Waals surface area contributed by atoms with Crippen molar-refractivity contribution in [1.82, 2.24) is 0 Å². The molecule has 0 fully saturated rings. The first kappa shape index (κ1) is 31.4. The molecule has 0 radical (unpaired) electrons. The molecule has 5 aromatic rings. The van der Waals surface area contributed by atoms with E-state index in [0.29, 0.717) is 5.57 Å². The summed E-state index contributed by atoms with van der Waals surface area (Å²) in [5.74, 6) is -0.495. The lowest BCUT2D eigenvalue weighted by molar-refractivity contribution is -0.141. The predicted octanol–water partition coefficient (Wildman–Crippen LogP) is 8.50. The fraction of sp³-hybridized carbons (Fsp3) is 0.108. The molecular weight excluding hydrogens is 548 g/mol. The van der Waals surface area contributed by atoms with E-state index < -0.39 is 12.1 Å². The van der Waals surface area contributed by atoms with E-state index in [1.807, 2.05) is 91.0 Å². The first-order valence-corrected chi connectivity index (χ1v) is 14.4. The molecule has 0 aromatic heterocycles. The van der Waals surface area contributed by atoms with Gasteiger partial charge in [-0.3, -0.25) is 0 Å². The van der Waals surface area contributed by atoms with Crippen LogP contribution in [0.4, 0.5) is 39.8 Å². The number of carbonyl (C=O) groups excluding carboxylic acids is 1. The Morgan fingerprint density at radius 1 is 0.591 bits per heavy atom. The number of benzene rings is 5. The van der Waals surface area contributed by atoms with Crippen molar-refractivity contribution < 1.29 is 14.6 Å². The Bertz CT molecular complexity index is 1500. The highest BCUT2D eigenvalue weighted by Crippen LogP contribution is 2.21. The third-order valence-corrected chi connectivity index (χ3v) is 6.25. The number of aliphatic hydroxyl groups is 1. The minimum absolute atomic E-state index is 0.0632. The first-order chi connectivity index (χ1) is 21.4. The number of hydrogen-bond donors (Lipinski definition) is 5. The largest absolute Gasteiger partial charge is 0.460 e. The third-order valence-electron chi connectivity index (χ3n) is 6.25. The maximum Gasteiger partial charge on any atom is 0.333 e. The Balaban J connectivity index is 0.000000204. The van der Waals surface area contributed by atoms with Crippen molar-refractivity contribution in [2.24, 2.45) is 0 Å². The van der Waals surface area contributed by atoms with Crippen LogP contribution in [0.5, 0.6) is 0 Å². The Hall–Kier alpha value is -5.53. The molecule has 0 heterocycles. The van der Waals surface area contributed by atoms with Gasteiger partial charge in [-0.1, -0.05) is 61.2 Å². The Labute approximate surface area is 259 Å². The number of anilines is 7. The molecular formula is C37H38N4O3. The van der Waals surface area contributed by atoms with Crippen molar-refractivity contribution in [3.63, 3.8) is 0 Å². The minimum Gasteiger partial charge on any atom is -0.460 e. The number of aliphatic hydroxyl groups excluding tert-OH is 1. The second-order valence-electron chi connectivity index (χ2n) is 10.0. The highest BCUT2D eigenvalue weighted by atomic mass is 16.5. The van der Waals surface area contributed by atoms with E-state index in [-0.39, 0.29) is 13.2 Å². The van der Waals surface area contributed by atoms with Gasteiger partial charge in [0.2, 0.25) is 0 Å². The van der Waals surface area contributed by atoms with E-state index in [9.17, 15) is 9.90 Å². The average molecular weight is 587 g/mol. The summed E-state index contributed by atoms with van der Waals surface area (Å²) in [5.41, 5.74) is 7.53. The summed E-state index contributed by atoms with van der Waals surface area (Å²) >= 11 is 0. The van der Waals surface area contributed by atoms with Gasteiger partial charge in [-0.15, -0.1) is 0 Å². The van der Waals surface area contributed by atoms with Gasteiger partial charge < -0.3 is 31.1 Å². The zero-order chi connectivity index (χ0) is 31.0. The zero-order valence-corrected chi connectivity index (χ0v) is 24.7. The molecule has 5 rings (SSSR count). The molecule has 1 atom stereocenters. The molecule has 0 amide bonds. The molecule has 0 spiro atoms. The van der Waals surface area contributed by atoms with E-state index in [4.69, 9.17) is 4.74 Å². The van der Waals surface area contributed by atoms with Crippen LogP contribution in [0, 0.1) is 0 Å². The van der Waals surface area contributed by atoms with Gasteiger partial charge in [-0.05, 0) is 91.9 Å². The topological polar surface area (TPSA) is 94.7 Å². The second kappa shape index (κ2) is 16.8. The number of hydrogen-bond acceptors (Lipinski definition) is 7. The first-order valence-electron chi connectivity index (χ1n) is 14.4. The summed E-state index contributed by atoms with van der Waals surface area (Å²) in [5, 5.41) is 22.9. The summed E-state index contributed by atoms with van der Waals surface area (Å²) in [6.45, 7) is 5.28. The normalized spacial score (nSPS) is 10.8. The van der Waals surface area contributed by atoms with Crippen LogP contribution in [-0.4, -0.2) is 30.3 Å². The fourth-order valence-electron chi connectivity index (χ4n) is 3.96. The lowest BCUT2D eigenvalue weighted by Crippen LogP contribution is -2.26. The molecule has 7 heteroatoms. The van der Waals surface area contributed by atoms with Gasteiger partial charge >= 0.3 is 5.97 Å². The quantitative estimate of drug-likeness (QED) is 0.0739. The van der Waals surface area contributed by atoms with Crippen molar-refractivity contribution in [2.75, 3.05) is 34.4 Å². The van der Waals surface area contributed by atoms with Crippen LogP contribution in [0.2, 0.25) is 0 Å². The summed E-state index contributed by atoms with van der Waals surface area (Å²) in [6, 6.07) is 46.2. The molecule has 0 saturated carbocycles. The Morgan fingerprint density at radius 3 is 1.25 bits per heavy atom. The molecule has 224 valence electrons. The van der Waals surface area contributed by atoms with Crippen LogP contribution >= 0.6 is 0 Å². The molecule has 44 heavy (non-hydrogen) atoms. The van der Waals surface area contributed by atoms with E-state index in [0.717, 1.165) is 39.8 Å². The van der Waals surface area contributed by atoms with Crippen molar-refractivity contribution >= 4 is 45.8 Å². The Morgan fingerprint density at radius 2 is 0.909 bits per heavy atom. The molecule has 5 aromatic carbocycles. The van der Waals surface area contributed by atoms with Crippen molar-refractivity contribution in [3.05, 3.63) is 152 Å². The highest BCUT2D eigenvalue weighted by Gasteiger charge is 2.09. The SMILES string of the molecule is C=C(C)C(=O)OCC(O)CNc1ccc(Nc2ccccc2)cc1.c1ccc(Nc2ccc(Nc3ccccc3)cc2)cc1. The van der Waals surface area contributed by atoms with Crippen molar-refractivity contribution in [3.8, 4) is 0 Å². The van der Waals surface area contributed by atoms with Crippen molar-refractivity contribution in [2.45, 2.75) is 13.0 Å². The second-order valence-corrected chi connectivity index (χ2v) is 10.0. The summed E-state index contributed by atoms with van der Waals surface area (Å²) in [7, 11) is 0. The van der Waals surface area contributed by atoms with Crippen LogP contribution in [0.15, 0.2) is 152 Å². The predicted molar refractivity (Wildman–Crippen MR) is 182 cm³/mol. The molecule has 1 unspecified atom stereocenters. The number of nitrogens with one attached hydrogen (secondary N) is 4. The van der Waals surface area contributed by atoms with Gasteiger partial charge in [0.05, 0.1) is 0 Å². The smallest absolute Gasteiger partial charge is 0.333 e. The summed E-state index contributed by atoms with van der Waals surface area (Å²) < 4.78 is 4.90. The molecule has 5 N–H and O–H groups in total. The van der Waals surface area contributed by atoms with E-state index in [2.05, 4.69) is 76.4 Å². The van der Waals surface area contributed by atoms with Crippen LogP contribution in [-0.2, 0) is 9.53 Å². The van der Waals surface area contributed by atoms with E-state index in [1.54, 1.807) is 6.92 Å². The third kappa shape index (κ3) is 11.0. The van der Waals surface area contributed by atoms with Gasteiger partial charge in [-0.2, -0.15) is 0 Å². The number of esters is 1. The zero-order valence-electron chi connectivity index (χ0n) is 24.7. The molecule has 7 nitrogen and oxygen atoms in total. The lowest BCUT2D eigenvalue weighted by atomic mass is 10.2. The molecule has 0 bridgehead atoms. The maximum atomic E-state index is 11.2. The molecule has 0 aliphatic rings. The minimum atomic E-state index is -0.782. The Kier molecular flexibility index (Phi) is 12.0. The van der Waals surface area contributed by atoms with Gasteiger partial charge in [0.15, 0.2) is 0 Å². The number of para-hydroxylation sites is 3. The number of carbonyl (C=O) groups is 1. The van der Waals surface area contributed by atoms with Gasteiger partial charge in [0.25, 0.3) is 0 Å². The standard InChI is InChI=1S/C19H22N2O3.C18H16N2/c1-14(2)19(23)24-13-18(22)12-20-15-8-10-17(11-9-15)21-16-6-4-3-5-7-16;1-3-7-15(8-4-1)19-17-11-13-18(14-12-17)20-16-9-5-2-6-10-16/h3-11,18,20-22H,1,12-13H2,2H3;1-14,19-20H. The molecule has 0 aliphatic heterocycles. The lowest BCUT2D eigenvalue weighted by Gasteiger charge is -2.14. The monoisotopic (exact) mass is 586 g/mol. The van der Waals surface area contributed by atoms with Gasteiger partial charge in [0.1, 0.15) is 12.7 Å². The highest BCUT2D eigenvalue weighted by molar-refractivity contribution is 5.86. The summed E-state index contributed by atoms with van der Waals surface area (Å²) in [4.78, 5) is 11.2. The van der Waals surface area contributed by atoms with Crippen LogP contribution in [0.25, 0.3) is 0 Å². The van der Waals surface area contributed by atoms with Crippen LogP contribution in [0.3, 0.4) is 0 Å². The molecule has 0 saturated heterocycles. The van der Waals surface area contributed by atoms with E-state index in [1.165, 1.54) is 0 Å². The number of ether oxygens (including phenoxy) is 1. The van der Waals surface area contributed by atoms with Crippen molar-refractivity contribution in [1.29, 1.82) is 0 Å². The van der Waals surface area contributed by atoms with E-state index >= 15 is 0 Å². The van der Waals surface area contributed by atoms with Crippen LogP contribution < -0.4 is 21.3 Å². The van der Waals surface area contributed by atoms with Crippen LogP contribution in [0.1, 0.15) is 6.92 Å².